The van der Waals surface area contributed by atoms with Crippen molar-refractivity contribution < 1.29 is 8.42 Å². The molecule has 13 aromatic rings. The minimum atomic E-state index is -3.66. The summed E-state index contributed by atoms with van der Waals surface area (Å²) in [6.45, 7) is 29.4. The number of thiophene rings is 8. The largest absolute Gasteiger partial charge is 0.536 e. The molecule has 2 aliphatic rings. The summed E-state index contributed by atoms with van der Waals surface area (Å²) in [6.07, 6.45) is 42.0. The minimum Gasteiger partial charge on any atom is -0.223 e. The fourth-order valence-electron chi connectivity index (χ4n) is 18.8. The third-order valence-corrected chi connectivity index (χ3v) is 37.5. The summed E-state index contributed by atoms with van der Waals surface area (Å²) in [5, 5.41) is 22.3. The second-order valence-electron chi connectivity index (χ2n) is 34.0. The number of nitrogens with zero attached hydrogens (tertiary/aromatic N) is 4. The van der Waals surface area contributed by atoms with Gasteiger partial charge in [0.2, 0.25) is 0 Å². The van der Waals surface area contributed by atoms with Crippen molar-refractivity contribution in [1.29, 1.82) is 10.5 Å². The molecule has 632 valence electrons. The topological polar surface area (TPSA) is 90.4 Å². The SMILES string of the molecule is [C-]#[N+]C([N+]#[C-])=c1cc/c(=C\c2sc(-c3cc4c(s3)-c3cc5c(cc3C4(c3ccc(CCCCCC)cc3)c3ccc(CCCCCC)cc3)-c3sc(-c4sc(/C=c6\ccc(=C(C#N)C#N)s6)c6cc(S(=O)(=O)CCCCCCCC)sc46)cc3C5(c3ccc(CCCCCC)cc3)c3ccc(CCCCCC)cc3)c3sc(CCCCCCCC)cc23)s1. The molecule has 0 N–H and O–H groups in total. The van der Waals surface area contributed by atoms with Gasteiger partial charge in [0.15, 0.2) is 9.84 Å². The Kier molecular flexibility index (Phi) is 30.4. The summed E-state index contributed by atoms with van der Waals surface area (Å²) >= 11 is 13.8. The zero-order valence-electron chi connectivity index (χ0n) is 72.5. The summed E-state index contributed by atoms with van der Waals surface area (Å²) in [4.78, 5) is 18.1. The molecular weight excluding hydrogens is 1670 g/mol. The lowest BCUT2D eigenvalue weighted by molar-refractivity contribution is 0.585. The molecule has 15 heteroatoms. The first-order valence-electron chi connectivity index (χ1n) is 45.7. The van der Waals surface area contributed by atoms with Gasteiger partial charge in [-0.15, -0.1) is 90.7 Å². The molecule has 8 aromatic heterocycles. The zero-order chi connectivity index (χ0) is 85.5. The van der Waals surface area contributed by atoms with Crippen molar-refractivity contribution in [2.24, 2.45) is 0 Å². The van der Waals surface area contributed by atoms with Crippen LogP contribution in [0.3, 0.4) is 0 Å². The van der Waals surface area contributed by atoms with Crippen LogP contribution in [-0.2, 0) is 52.8 Å². The van der Waals surface area contributed by atoms with Crippen LogP contribution >= 0.6 is 90.7 Å². The van der Waals surface area contributed by atoms with Crippen LogP contribution in [0.25, 0.3) is 93.8 Å². The second-order valence-corrected chi connectivity index (χ2v) is 44.9. The Labute approximate surface area is 763 Å². The van der Waals surface area contributed by atoms with Gasteiger partial charge in [0.1, 0.15) is 39.6 Å². The van der Waals surface area contributed by atoms with E-state index in [1.807, 2.05) is 69.6 Å². The van der Waals surface area contributed by atoms with E-state index >= 15 is 0 Å². The lowest BCUT2D eigenvalue weighted by Crippen LogP contribution is -2.30. The molecule has 0 bridgehead atoms. The third-order valence-electron chi connectivity index (χ3n) is 25.4. The lowest BCUT2D eigenvalue weighted by Gasteiger charge is -2.35. The van der Waals surface area contributed by atoms with E-state index in [-0.39, 0.29) is 17.1 Å². The van der Waals surface area contributed by atoms with Crippen LogP contribution in [0.1, 0.15) is 303 Å². The van der Waals surface area contributed by atoms with E-state index < -0.39 is 20.7 Å². The Hall–Kier alpha value is -8.39. The molecule has 8 heterocycles. The van der Waals surface area contributed by atoms with Crippen molar-refractivity contribution >= 4 is 144 Å². The van der Waals surface area contributed by atoms with E-state index in [0.717, 1.165) is 130 Å². The van der Waals surface area contributed by atoms with Crippen LogP contribution in [0.2, 0.25) is 0 Å². The summed E-state index contributed by atoms with van der Waals surface area (Å²) < 4.78 is 35.8. The highest BCUT2D eigenvalue weighted by atomic mass is 32.2. The number of hydrogen-bond donors (Lipinski definition) is 0. The van der Waals surface area contributed by atoms with E-state index in [9.17, 15) is 18.9 Å². The molecular formula is C108H114N4O2S9. The van der Waals surface area contributed by atoms with Crippen LogP contribution in [0.4, 0.5) is 0 Å². The predicted octanol–water partition coefficient (Wildman–Crippen LogP) is 30.8. The summed E-state index contributed by atoms with van der Waals surface area (Å²) in [6, 6.07) is 66.4. The van der Waals surface area contributed by atoms with E-state index in [1.165, 1.54) is 260 Å². The Morgan fingerprint density at radius 2 is 0.724 bits per heavy atom. The van der Waals surface area contributed by atoms with Gasteiger partial charge in [-0.1, -0.05) is 280 Å². The summed E-state index contributed by atoms with van der Waals surface area (Å²) in [7, 11) is -3.66. The van der Waals surface area contributed by atoms with Crippen molar-refractivity contribution in [1.82, 2.24) is 0 Å². The molecule has 15 rings (SSSR count). The van der Waals surface area contributed by atoms with E-state index in [4.69, 9.17) is 13.1 Å². The maximum Gasteiger partial charge on any atom is 0.536 e. The van der Waals surface area contributed by atoms with Gasteiger partial charge in [0.05, 0.1) is 40.3 Å². The maximum absolute atomic E-state index is 14.9. The monoisotopic (exact) mass is 1790 g/mol. The van der Waals surface area contributed by atoms with Crippen LogP contribution in [0.5, 0.6) is 0 Å². The quantitative estimate of drug-likeness (QED) is 0.0281. The highest BCUT2D eigenvalue weighted by Gasteiger charge is 2.53. The smallest absolute Gasteiger partial charge is 0.223 e. The number of benzene rings is 5. The Balaban J connectivity index is 1.01. The molecule has 6 nitrogen and oxygen atoms in total. The zero-order valence-corrected chi connectivity index (χ0v) is 79.8. The average Bonchev–Trinajstić information content (AvgIpc) is 1.50. The number of fused-ring (bicyclic) bond motifs is 8. The standard InChI is InChI=1S/C108H114N4O2S9/c1-9-15-21-27-29-35-41-82-63-87-95(65-84-59-61-94(116-84)106(111-7)112-8)118-104(102(87)117-82)97-69-91-100(120-97)85-66-90-86(67-89(85)107(91,78-50-42-73(43-51-78)37-31-23-17-11-3)79-52-44-74(45-53-79)38-32-24-18-12-4)101-92(108(90,80-54-46-75(47-55-80)39-33-25-19-13-5)81-56-48-76(49-57-81)40-34-26-20-14-6)70-98(121-101)105-103-88(68-99(122-103)123(113,114)62-36-30-28-22-16-10-2)96(119-105)64-83-58-60-93(115-83)77(71-109)72-110/h42-61,63-70H,9-41,62H2,1-6H3/b83-64+,84-65+. The fraction of sp³-hybridized carbons (Fsp3) is 0.389. The van der Waals surface area contributed by atoms with Crippen LogP contribution in [0, 0.1) is 35.8 Å². The maximum atomic E-state index is 14.9. The van der Waals surface area contributed by atoms with Crippen molar-refractivity contribution in [3.63, 3.8) is 0 Å². The number of hydrogen-bond acceptors (Lipinski definition) is 12. The van der Waals surface area contributed by atoms with Crippen LogP contribution in [0.15, 0.2) is 162 Å². The Bertz CT molecular complexity index is 6290. The number of rotatable bonds is 43. The number of nitriles is 2. The van der Waals surface area contributed by atoms with Gasteiger partial charge in [0.25, 0.3) is 0 Å². The van der Waals surface area contributed by atoms with Crippen molar-refractivity contribution in [3.05, 3.63) is 280 Å². The number of aryl methyl sites for hydroxylation is 5. The highest BCUT2D eigenvalue weighted by molar-refractivity contribution is 7.93. The van der Waals surface area contributed by atoms with Crippen LogP contribution in [-0.4, -0.2) is 14.2 Å². The van der Waals surface area contributed by atoms with E-state index in [2.05, 4.69) is 209 Å². The molecule has 0 radical (unpaired) electrons. The van der Waals surface area contributed by atoms with E-state index in [1.54, 1.807) is 11.3 Å². The molecule has 0 atom stereocenters. The highest BCUT2D eigenvalue weighted by Crippen LogP contribution is 2.67. The molecule has 123 heavy (non-hydrogen) atoms. The molecule has 0 amide bonds. The third kappa shape index (κ3) is 19.0. The summed E-state index contributed by atoms with van der Waals surface area (Å²) in [5.74, 6) is 0.213. The van der Waals surface area contributed by atoms with Gasteiger partial charge in [0, 0.05) is 54.0 Å². The van der Waals surface area contributed by atoms with Crippen molar-refractivity contribution in [2.45, 2.75) is 268 Å². The first kappa shape index (κ1) is 89.4. The molecule has 5 aromatic carbocycles. The normalized spacial score (nSPS) is 13.3. The Morgan fingerprint density at radius 1 is 0.366 bits per heavy atom. The van der Waals surface area contributed by atoms with Gasteiger partial charge in [-0.2, -0.15) is 20.2 Å². The van der Waals surface area contributed by atoms with Crippen LogP contribution < -0.4 is 18.1 Å². The lowest BCUT2D eigenvalue weighted by atomic mass is 9.65. The molecule has 0 aliphatic heterocycles. The van der Waals surface area contributed by atoms with Gasteiger partial charge in [-0.05, 0) is 221 Å². The Morgan fingerprint density at radius 3 is 1.13 bits per heavy atom. The van der Waals surface area contributed by atoms with Gasteiger partial charge < -0.3 is 0 Å². The second kappa shape index (κ2) is 41.8. The molecule has 0 spiro atoms. The number of sulfone groups is 1. The molecule has 0 saturated carbocycles. The van der Waals surface area contributed by atoms with Gasteiger partial charge in [-0.25, -0.2) is 8.42 Å². The molecule has 0 fully saturated rings. The predicted molar refractivity (Wildman–Crippen MR) is 534 cm³/mol. The molecule has 0 unspecified atom stereocenters. The molecule has 2 aliphatic carbocycles. The first-order chi connectivity index (χ1) is 60.3. The molecule has 0 saturated heterocycles. The minimum absolute atomic E-state index is 0.0756. The first-order valence-corrected chi connectivity index (χ1v) is 53.9. The van der Waals surface area contributed by atoms with Crippen molar-refractivity contribution in [3.8, 4) is 52.5 Å². The number of unbranched alkanes of at least 4 members (excludes halogenated alkanes) is 22. The van der Waals surface area contributed by atoms with E-state index in [0.29, 0.717) is 19.7 Å². The van der Waals surface area contributed by atoms with Gasteiger partial charge in [-0.3, -0.25) is 0 Å². The summed E-state index contributed by atoms with van der Waals surface area (Å²) in [5.41, 5.74) is 16.4. The van der Waals surface area contributed by atoms with Crippen molar-refractivity contribution in [2.75, 3.05) is 5.75 Å². The fourth-order valence-corrected chi connectivity index (χ4v) is 30.6. The van der Waals surface area contributed by atoms with Gasteiger partial charge >= 0.3 is 5.82 Å². The average molecular weight is 1790 g/mol.